The zero-order valence-corrected chi connectivity index (χ0v) is 17.8. The van der Waals surface area contributed by atoms with Crippen LogP contribution >= 0.6 is 0 Å². The molecule has 2 saturated carbocycles. The van der Waals surface area contributed by atoms with Gasteiger partial charge in [-0.25, -0.2) is 9.97 Å². The number of carbonyl (C=O) groups is 1. The van der Waals surface area contributed by atoms with Crippen LogP contribution < -0.4 is 15.8 Å². The molecule has 6 heteroatoms. The van der Waals surface area contributed by atoms with Gasteiger partial charge >= 0.3 is 0 Å². The Morgan fingerprint density at radius 3 is 2.77 bits per heavy atom. The van der Waals surface area contributed by atoms with Gasteiger partial charge in [-0.05, 0) is 73.9 Å². The number of ether oxygens (including phenoxy) is 1. The minimum Gasteiger partial charge on any atom is -0.496 e. The van der Waals surface area contributed by atoms with Crippen LogP contribution in [0.15, 0.2) is 42.6 Å². The van der Waals surface area contributed by atoms with Gasteiger partial charge in [0, 0.05) is 41.2 Å². The Labute approximate surface area is 182 Å². The lowest BCUT2D eigenvalue weighted by molar-refractivity contribution is 0.0976. The van der Waals surface area contributed by atoms with Crippen molar-refractivity contribution in [3.8, 4) is 16.9 Å². The molecule has 0 radical (unpaired) electrons. The number of hydrogen-bond donors (Lipinski definition) is 2. The predicted molar refractivity (Wildman–Crippen MR) is 122 cm³/mol. The molecule has 0 spiro atoms. The second-order valence-electron chi connectivity index (χ2n) is 8.80. The highest BCUT2D eigenvalue weighted by atomic mass is 16.5. The highest BCUT2D eigenvalue weighted by Gasteiger charge is 2.26. The highest BCUT2D eigenvalue weighted by Crippen LogP contribution is 2.36. The number of ketones is 1. The number of hydrogen-bond acceptors (Lipinski definition) is 6. The van der Waals surface area contributed by atoms with Crippen molar-refractivity contribution in [2.75, 3.05) is 12.4 Å². The van der Waals surface area contributed by atoms with Crippen molar-refractivity contribution < 1.29 is 9.53 Å². The summed E-state index contributed by atoms with van der Waals surface area (Å²) in [5.74, 6) is 2.14. The monoisotopic (exact) mass is 416 g/mol. The third-order valence-electron chi connectivity index (χ3n) is 6.47. The van der Waals surface area contributed by atoms with Gasteiger partial charge in [0.15, 0.2) is 5.78 Å². The van der Waals surface area contributed by atoms with Crippen molar-refractivity contribution >= 4 is 22.6 Å². The molecule has 5 rings (SSSR count). The number of benzene rings is 2. The third kappa shape index (κ3) is 4.26. The van der Waals surface area contributed by atoms with E-state index in [-0.39, 0.29) is 17.9 Å². The molecule has 1 heterocycles. The van der Waals surface area contributed by atoms with Gasteiger partial charge in [-0.2, -0.15) is 0 Å². The van der Waals surface area contributed by atoms with Crippen LogP contribution in [0.25, 0.3) is 22.0 Å². The second-order valence-corrected chi connectivity index (χ2v) is 8.80. The molecular weight excluding hydrogens is 388 g/mol. The molecule has 0 unspecified atom stereocenters. The number of carbonyl (C=O) groups excluding carboxylic acids is 1. The van der Waals surface area contributed by atoms with E-state index in [1.165, 1.54) is 12.8 Å². The molecule has 2 aliphatic carbocycles. The van der Waals surface area contributed by atoms with Crippen molar-refractivity contribution in [3.63, 3.8) is 0 Å². The quantitative estimate of drug-likeness (QED) is 0.548. The standard InChI is InChI=1S/C25H28N4O2/c1-31-24-10-8-17(23(30)11-15-5-6-15)13-19(24)16-7-9-21-18(12-16)14-27-25(28-21)29-22-4-2-3-20(22)26/h7-10,12-15,20,22H,2-6,11,26H2,1H3,(H,27,28,29)/t20-,22+/m0/s1. The van der Waals surface area contributed by atoms with E-state index in [9.17, 15) is 4.79 Å². The van der Waals surface area contributed by atoms with Gasteiger partial charge in [-0.3, -0.25) is 4.79 Å². The third-order valence-corrected chi connectivity index (χ3v) is 6.47. The molecule has 2 atom stereocenters. The highest BCUT2D eigenvalue weighted by molar-refractivity contribution is 5.98. The lowest BCUT2D eigenvalue weighted by Crippen LogP contribution is -2.35. The topological polar surface area (TPSA) is 90.1 Å². The number of methoxy groups -OCH3 is 1. The molecule has 160 valence electrons. The van der Waals surface area contributed by atoms with Crippen LogP contribution in [-0.2, 0) is 0 Å². The molecule has 6 nitrogen and oxygen atoms in total. The number of anilines is 1. The molecule has 3 aromatic rings. The van der Waals surface area contributed by atoms with Crippen LogP contribution in [0.2, 0.25) is 0 Å². The lowest BCUT2D eigenvalue weighted by Gasteiger charge is -2.17. The molecule has 2 aliphatic rings. The molecule has 0 saturated heterocycles. The first-order chi connectivity index (χ1) is 15.1. The van der Waals surface area contributed by atoms with E-state index in [0.717, 1.165) is 52.6 Å². The maximum Gasteiger partial charge on any atom is 0.223 e. The average Bonchev–Trinajstić information content (AvgIpc) is 3.52. The van der Waals surface area contributed by atoms with Gasteiger partial charge in [0.1, 0.15) is 5.75 Å². The van der Waals surface area contributed by atoms with Gasteiger partial charge in [-0.1, -0.05) is 6.07 Å². The number of nitrogens with two attached hydrogens (primary N) is 1. The second kappa shape index (κ2) is 8.27. The molecule has 31 heavy (non-hydrogen) atoms. The maximum atomic E-state index is 12.6. The number of Topliss-reactive ketones (excluding diaryl/α,β-unsaturated/α-hetero) is 1. The maximum absolute atomic E-state index is 12.6. The Balaban J connectivity index is 1.44. The first-order valence-corrected chi connectivity index (χ1v) is 11.1. The summed E-state index contributed by atoms with van der Waals surface area (Å²) in [6.07, 6.45) is 8.04. The Morgan fingerprint density at radius 1 is 1.16 bits per heavy atom. The van der Waals surface area contributed by atoms with E-state index in [1.807, 2.05) is 42.6 Å². The molecule has 2 fully saturated rings. The number of nitrogens with zero attached hydrogens (tertiary/aromatic N) is 2. The van der Waals surface area contributed by atoms with Crippen LogP contribution in [0.5, 0.6) is 5.75 Å². The zero-order valence-electron chi connectivity index (χ0n) is 17.8. The fraction of sp³-hybridized carbons (Fsp3) is 0.400. The van der Waals surface area contributed by atoms with Crippen molar-refractivity contribution in [1.29, 1.82) is 0 Å². The van der Waals surface area contributed by atoms with E-state index in [1.54, 1.807) is 7.11 Å². The first-order valence-electron chi connectivity index (χ1n) is 11.1. The minimum absolute atomic E-state index is 0.157. The van der Waals surface area contributed by atoms with Gasteiger partial charge in [0.2, 0.25) is 5.95 Å². The summed E-state index contributed by atoms with van der Waals surface area (Å²) in [6.45, 7) is 0. The molecule has 0 bridgehead atoms. The van der Waals surface area contributed by atoms with Crippen LogP contribution in [0.1, 0.15) is 48.9 Å². The zero-order chi connectivity index (χ0) is 21.4. The van der Waals surface area contributed by atoms with E-state index >= 15 is 0 Å². The molecule has 0 amide bonds. The number of aromatic nitrogens is 2. The molecule has 3 N–H and O–H groups in total. The van der Waals surface area contributed by atoms with E-state index in [4.69, 9.17) is 10.5 Å². The summed E-state index contributed by atoms with van der Waals surface area (Å²) in [6, 6.07) is 12.1. The summed E-state index contributed by atoms with van der Waals surface area (Å²) in [5, 5.41) is 4.32. The van der Waals surface area contributed by atoms with Crippen molar-refractivity contribution in [3.05, 3.63) is 48.2 Å². The van der Waals surface area contributed by atoms with Crippen molar-refractivity contribution in [2.45, 2.75) is 50.6 Å². The molecule has 2 aromatic carbocycles. The normalized spacial score (nSPS) is 20.7. The smallest absolute Gasteiger partial charge is 0.223 e. The van der Waals surface area contributed by atoms with Crippen LogP contribution in [-0.4, -0.2) is 34.9 Å². The number of nitrogens with one attached hydrogen (secondary N) is 1. The minimum atomic E-state index is 0.157. The van der Waals surface area contributed by atoms with Crippen LogP contribution in [0.4, 0.5) is 5.95 Å². The Bertz CT molecular complexity index is 1130. The van der Waals surface area contributed by atoms with Crippen LogP contribution in [0, 0.1) is 5.92 Å². The van der Waals surface area contributed by atoms with Crippen molar-refractivity contribution in [1.82, 2.24) is 9.97 Å². The summed E-state index contributed by atoms with van der Waals surface area (Å²) in [7, 11) is 1.65. The Morgan fingerprint density at radius 2 is 2.03 bits per heavy atom. The number of rotatable bonds is 7. The van der Waals surface area contributed by atoms with Gasteiger partial charge in [0.25, 0.3) is 0 Å². The van der Waals surface area contributed by atoms with Crippen LogP contribution in [0.3, 0.4) is 0 Å². The van der Waals surface area contributed by atoms with Gasteiger partial charge in [0.05, 0.1) is 12.6 Å². The largest absolute Gasteiger partial charge is 0.496 e. The number of fused-ring (bicyclic) bond motifs is 1. The van der Waals surface area contributed by atoms with E-state index in [2.05, 4.69) is 15.3 Å². The summed E-state index contributed by atoms with van der Waals surface area (Å²) in [4.78, 5) is 21.8. The molecule has 0 aliphatic heterocycles. The fourth-order valence-corrected chi connectivity index (χ4v) is 4.41. The average molecular weight is 417 g/mol. The van der Waals surface area contributed by atoms with Crippen molar-refractivity contribution in [2.24, 2.45) is 11.7 Å². The fourth-order valence-electron chi connectivity index (χ4n) is 4.41. The lowest BCUT2D eigenvalue weighted by atomic mass is 9.97. The molecular formula is C25H28N4O2. The summed E-state index contributed by atoms with van der Waals surface area (Å²) in [5.41, 5.74) is 9.66. The van der Waals surface area contributed by atoms with E-state index < -0.39 is 0 Å². The first kappa shape index (κ1) is 19.9. The van der Waals surface area contributed by atoms with Gasteiger partial charge in [-0.15, -0.1) is 0 Å². The van der Waals surface area contributed by atoms with E-state index in [0.29, 0.717) is 18.3 Å². The summed E-state index contributed by atoms with van der Waals surface area (Å²) < 4.78 is 5.58. The molecule has 1 aromatic heterocycles. The van der Waals surface area contributed by atoms with Gasteiger partial charge < -0.3 is 15.8 Å². The SMILES string of the molecule is COc1ccc(C(=O)CC2CC2)cc1-c1ccc2nc(N[C@@H]3CCC[C@@H]3N)ncc2c1. The Kier molecular flexibility index (Phi) is 5.32. The summed E-state index contributed by atoms with van der Waals surface area (Å²) >= 11 is 0. The predicted octanol–water partition coefficient (Wildman–Crippen LogP) is 4.58. The Hall–Kier alpha value is -2.99.